The molecule has 1 amide bonds. The normalized spacial score (nSPS) is 11.1. The van der Waals surface area contributed by atoms with E-state index < -0.39 is 21.7 Å². The Morgan fingerprint density at radius 2 is 1.67 bits per heavy atom. The van der Waals surface area contributed by atoms with Crippen molar-refractivity contribution in [1.82, 2.24) is 0 Å². The second-order valence-corrected chi connectivity index (χ2v) is 6.28. The first-order valence-corrected chi connectivity index (χ1v) is 7.41. The van der Waals surface area contributed by atoms with Gasteiger partial charge in [-0.1, -0.05) is 12.1 Å². The quantitative estimate of drug-likeness (QED) is 0.934. The van der Waals surface area contributed by atoms with Gasteiger partial charge < -0.3 is 5.73 Å². The SMILES string of the molecule is CN(c1ccccc1C(N)=O)S(=O)(=O)c1ccc(F)cc1. The van der Waals surface area contributed by atoms with Crippen LogP contribution in [0.5, 0.6) is 0 Å². The smallest absolute Gasteiger partial charge is 0.264 e. The fraction of sp³-hybridized carbons (Fsp3) is 0.0714. The molecule has 2 rings (SSSR count). The van der Waals surface area contributed by atoms with Gasteiger partial charge in [0, 0.05) is 7.05 Å². The molecule has 0 saturated carbocycles. The van der Waals surface area contributed by atoms with Crippen LogP contribution in [0, 0.1) is 5.82 Å². The summed E-state index contributed by atoms with van der Waals surface area (Å²) in [5.74, 6) is -1.26. The molecule has 0 aliphatic rings. The molecule has 21 heavy (non-hydrogen) atoms. The van der Waals surface area contributed by atoms with E-state index in [-0.39, 0.29) is 16.1 Å². The zero-order chi connectivity index (χ0) is 15.6. The molecular weight excluding hydrogens is 295 g/mol. The third-order valence-corrected chi connectivity index (χ3v) is 4.77. The van der Waals surface area contributed by atoms with Gasteiger partial charge in [-0.2, -0.15) is 0 Å². The molecule has 0 atom stereocenters. The number of hydrogen-bond acceptors (Lipinski definition) is 3. The summed E-state index contributed by atoms with van der Waals surface area (Å²) in [6.45, 7) is 0. The molecule has 0 bridgehead atoms. The second kappa shape index (κ2) is 5.53. The maximum Gasteiger partial charge on any atom is 0.264 e. The van der Waals surface area contributed by atoms with E-state index >= 15 is 0 Å². The fourth-order valence-corrected chi connectivity index (χ4v) is 3.07. The first kappa shape index (κ1) is 15.0. The van der Waals surface area contributed by atoms with Crippen molar-refractivity contribution in [1.29, 1.82) is 0 Å². The summed E-state index contributed by atoms with van der Waals surface area (Å²) >= 11 is 0. The summed E-state index contributed by atoms with van der Waals surface area (Å²) < 4.78 is 38.8. The van der Waals surface area contributed by atoms with Crippen LogP contribution in [0.3, 0.4) is 0 Å². The Morgan fingerprint density at radius 3 is 2.24 bits per heavy atom. The number of carbonyl (C=O) groups is 1. The molecule has 0 unspecified atom stereocenters. The van der Waals surface area contributed by atoms with Crippen molar-refractivity contribution in [2.24, 2.45) is 5.73 Å². The van der Waals surface area contributed by atoms with Crippen molar-refractivity contribution < 1.29 is 17.6 Å². The molecule has 0 aliphatic heterocycles. The Hall–Kier alpha value is -2.41. The van der Waals surface area contributed by atoms with Gasteiger partial charge in [-0.3, -0.25) is 9.10 Å². The van der Waals surface area contributed by atoms with Crippen molar-refractivity contribution in [3.05, 3.63) is 59.9 Å². The minimum atomic E-state index is -3.91. The minimum Gasteiger partial charge on any atom is -0.366 e. The number of para-hydroxylation sites is 1. The largest absolute Gasteiger partial charge is 0.366 e. The zero-order valence-corrected chi connectivity index (χ0v) is 12.0. The molecule has 0 radical (unpaired) electrons. The number of carbonyl (C=O) groups excluding carboxylic acids is 1. The molecule has 0 aromatic heterocycles. The third kappa shape index (κ3) is 2.87. The van der Waals surface area contributed by atoms with E-state index in [4.69, 9.17) is 5.73 Å². The number of benzene rings is 2. The van der Waals surface area contributed by atoms with Crippen LogP contribution in [0.1, 0.15) is 10.4 Å². The molecular formula is C14H13FN2O3S. The number of hydrogen-bond donors (Lipinski definition) is 1. The van der Waals surface area contributed by atoms with Crippen LogP contribution in [0.2, 0.25) is 0 Å². The standard InChI is InChI=1S/C14H13FN2O3S/c1-17(13-5-3-2-4-12(13)14(16)18)21(19,20)11-8-6-10(15)7-9-11/h2-9H,1H3,(H2,16,18). The van der Waals surface area contributed by atoms with Crippen LogP contribution < -0.4 is 10.0 Å². The van der Waals surface area contributed by atoms with Gasteiger partial charge in [0.15, 0.2) is 0 Å². The Kier molecular flexibility index (Phi) is 3.95. The maximum atomic E-state index is 12.9. The van der Waals surface area contributed by atoms with E-state index in [2.05, 4.69) is 0 Å². The minimum absolute atomic E-state index is 0.0781. The van der Waals surface area contributed by atoms with E-state index in [1.54, 1.807) is 12.1 Å². The van der Waals surface area contributed by atoms with Crippen molar-refractivity contribution in [3.63, 3.8) is 0 Å². The first-order chi connectivity index (χ1) is 9.84. The first-order valence-electron chi connectivity index (χ1n) is 5.97. The lowest BCUT2D eigenvalue weighted by atomic mass is 10.2. The summed E-state index contributed by atoms with van der Waals surface area (Å²) in [5.41, 5.74) is 5.49. The molecule has 0 saturated heterocycles. The van der Waals surface area contributed by atoms with E-state index in [9.17, 15) is 17.6 Å². The topological polar surface area (TPSA) is 80.5 Å². The van der Waals surface area contributed by atoms with Crippen molar-refractivity contribution in [3.8, 4) is 0 Å². The van der Waals surface area contributed by atoms with Gasteiger partial charge in [-0.05, 0) is 36.4 Å². The van der Waals surface area contributed by atoms with Crippen LogP contribution >= 0.6 is 0 Å². The number of rotatable bonds is 4. The number of halogens is 1. The number of nitrogens with two attached hydrogens (primary N) is 1. The number of nitrogens with zero attached hydrogens (tertiary/aromatic N) is 1. The van der Waals surface area contributed by atoms with E-state index in [1.807, 2.05) is 0 Å². The number of sulfonamides is 1. The van der Waals surface area contributed by atoms with Gasteiger partial charge in [0.05, 0.1) is 16.1 Å². The number of primary amides is 1. The van der Waals surface area contributed by atoms with Crippen LogP contribution in [0.15, 0.2) is 53.4 Å². The lowest BCUT2D eigenvalue weighted by Crippen LogP contribution is -2.29. The lowest BCUT2D eigenvalue weighted by molar-refractivity contribution is 0.100. The average Bonchev–Trinajstić information content (AvgIpc) is 2.46. The van der Waals surface area contributed by atoms with Crippen LogP contribution in [-0.4, -0.2) is 21.4 Å². The highest BCUT2D eigenvalue weighted by molar-refractivity contribution is 7.92. The molecule has 0 fully saturated rings. The molecule has 5 nitrogen and oxygen atoms in total. The lowest BCUT2D eigenvalue weighted by Gasteiger charge is -2.21. The molecule has 0 heterocycles. The number of anilines is 1. The average molecular weight is 308 g/mol. The summed E-state index contributed by atoms with van der Waals surface area (Å²) in [4.78, 5) is 11.3. The van der Waals surface area contributed by atoms with Gasteiger partial charge in [0.1, 0.15) is 5.82 Å². The fourth-order valence-electron chi connectivity index (χ4n) is 1.85. The van der Waals surface area contributed by atoms with Crippen molar-refractivity contribution >= 4 is 21.6 Å². The molecule has 2 aromatic rings. The maximum absolute atomic E-state index is 12.9. The highest BCUT2D eigenvalue weighted by atomic mass is 32.2. The van der Waals surface area contributed by atoms with Gasteiger partial charge >= 0.3 is 0 Å². The van der Waals surface area contributed by atoms with Crippen LogP contribution in [0.4, 0.5) is 10.1 Å². The highest BCUT2D eigenvalue weighted by Crippen LogP contribution is 2.25. The summed E-state index contributed by atoms with van der Waals surface area (Å²) in [7, 11) is -2.60. The molecule has 2 aromatic carbocycles. The molecule has 2 N–H and O–H groups in total. The Labute approximate surface area is 121 Å². The molecule has 0 aliphatic carbocycles. The summed E-state index contributed by atoms with van der Waals surface area (Å²) in [5, 5.41) is 0. The summed E-state index contributed by atoms with van der Waals surface area (Å²) in [6.07, 6.45) is 0. The zero-order valence-electron chi connectivity index (χ0n) is 11.2. The monoisotopic (exact) mass is 308 g/mol. The van der Waals surface area contributed by atoms with Gasteiger partial charge in [0.25, 0.3) is 15.9 Å². The second-order valence-electron chi connectivity index (χ2n) is 4.31. The Bertz CT molecular complexity index is 773. The van der Waals surface area contributed by atoms with Crippen LogP contribution in [-0.2, 0) is 10.0 Å². The van der Waals surface area contributed by atoms with Crippen molar-refractivity contribution in [2.45, 2.75) is 4.90 Å². The van der Waals surface area contributed by atoms with Gasteiger partial charge in [-0.15, -0.1) is 0 Å². The van der Waals surface area contributed by atoms with Gasteiger partial charge in [0.2, 0.25) is 0 Å². The van der Waals surface area contributed by atoms with E-state index in [0.717, 1.165) is 28.6 Å². The summed E-state index contributed by atoms with van der Waals surface area (Å²) in [6, 6.07) is 10.5. The predicted molar refractivity (Wildman–Crippen MR) is 76.9 cm³/mol. The molecule has 0 spiro atoms. The number of amides is 1. The Morgan fingerprint density at radius 1 is 1.10 bits per heavy atom. The van der Waals surface area contributed by atoms with Crippen molar-refractivity contribution in [2.75, 3.05) is 11.4 Å². The molecule has 7 heteroatoms. The van der Waals surface area contributed by atoms with Gasteiger partial charge in [-0.25, -0.2) is 12.8 Å². The third-order valence-electron chi connectivity index (χ3n) is 2.98. The predicted octanol–water partition coefficient (Wildman–Crippen LogP) is 1.75. The van der Waals surface area contributed by atoms with Crippen LogP contribution in [0.25, 0.3) is 0 Å². The Balaban J connectivity index is 2.51. The highest BCUT2D eigenvalue weighted by Gasteiger charge is 2.24. The van der Waals surface area contributed by atoms with E-state index in [0.29, 0.717) is 0 Å². The molecule has 110 valence electrons. The van der Waals surface area contributed by atoms with E-state index in [1.165, 1.54) is 19.2 Å².